The number of hydrogen-bond donors (Lipinski definition) is 1. The van der Waals surface area contributed by atoms with E-state index in [-0.39, 0.29) is 16.7 Å². The molecule has 3 heteroatoms. The van der Waals surface area contributed by atoms with E-state index < -0.39 is 0 Å². The van der Waals surface area contributed by atoms with Gasteiger partial charge in [0.1, 0.15) is 0 Å². The van der Waals surface area contributed by atoms with Crippen LogP contribution in [0.1, 0.15) is 54.4 Å². The van der Waals surface area contributed by atoms with E-state index in [1.54, 1.807) is 0 Å². The Morgan fingerprint density at radius 3 is 2.21 bits per heavy atom. The SMILES string of the molecule is CC(C)N(CC1CCCN1)C(=O)C1C(C)(C)C1(C)C. The van der Waals surface area contributed by atoms with Crippen LogP contribution < -0.4 is 5.32 Å². The van der Waals surface area contributed by atoms with Gasteiger partial charge in [-0.3, -0.25) is 4.79 Å². The Morgan fingerprint density at radius 1 is 1.26 bits per heavy atom. The Labute approximate surface area is 118 Å². The number of carbonyl (C=O) groups excluding carboxylic acids is 1. The summed E-state index contributed by atoms with van der Waals surface area (Å²) in [5, 5.41) is 3.50. The number of nitrogens with one attached hydrogen (secondary N) is 1. The third-order valence-electron chi connectivity index (χ3n) is 5.75. The largest absolute Gasteiger partial charge is 0.338 e. The fourth-order valence-electron chi connectivity index (χ4n) is 3.68. The van der Waals surface area contributed by atoms with Crippen LogP contribution in [-0.4, -0.2) is 36.0 Å². The number of rotatable bonds is 4. The highest BCUT2D eigenvalue weighted by molar-refractivity contribution is 5.84. The fourth-order valence-corrected chi connectivity index (χ4v) is 3.68. The lowest BCUT2D eigenvalue weighted by atomic mass is 10.0. The topological polar surface area (TPSA) is 32.3 Å². The van der Waals surface area contributed by atoms with Gasteiger partial charge in [-0.1, -0.05) is 27.7 Å². The van der Waals surface area contributed by atoms with Crippen LogP contribution in [0, 0.1) is 16.7 Å². The molecule has 1 N–H and O–H groups in total. The van der Waals surface area contributed by atoms with Gasteiger partial charge in [-0.2, -0.15) is 0 Å². The zero-order chi connectivity index (χ0) is 14.4. The quantitative estimate of drug-likeness (QED) is 0.848. The van der Waals surface area contributed by atoms with Crippen molar-refractivity contribution in [3.63, 3.8) is 0 Å². The van der Waals surface area contributed by atoms with Crippen molar-refractivity contribution in [3.8, 4) is 0 Å². The van der Waals surface area contributed by atoms with Crippen LogP contribution in [-0.2, 0) is 4.79 Å². The molecule has 1 aliphatic heterocycles. The lowest BCUT2D eigenvalue weighted by Gasteiger charge is -2.30. The number of nitrogens with zero attached hydrogens (tertiary/aromatic N) is 1. The van der Waals surface area contributed by atoms with Crippen LogP contribution in [0.3, 0.4) is 0 Å². The Hall–Kier alpha value is -0.570. The first-order chi connectivity index (χ1) is 8.69. The van der Waals surface area contributed by atoms with Gasteiger partial charge in [-0.15, -0.1) is 0 Å². The van der Waals surface area contributed by atoms with Crippen molar-refractivity contribution in [2.24, 2.45) is 16.7 Å². The third-order valence-corrected chi connectivity index (χ3v) is 5.75. The Balaban J connectivity index is 2.05. The van der Waals surface area contributed by atoms with Crippen molar-refractivity contribution < 1.29 is 4.79 Å². The maximum Gasteiger partial charge on any atom is 0.227 e. The van der Waals surface area contributed by atoms with Crippen molar-refractivity contribution in [2.75, 3.05) is 13.1 Å². The van der Waals surface area contributed by atoms with E-state index in [1.807, 2.05) is 0 Å². The second-order valence-electron chi connectivity index (χ2n) is 7.75. The summed E-state index contributed by atoms with van der Waals surface area (Å²) >= 11 is 0. The lowest BCUT2D eigenvalue weighted by molar-refractivity contribution is -0.135. The van der Waals surface area contributed by atoms with Gasteiger partial charge in [0.15, 0.2) is 0 Å². The van der Waals surface area contributed by atoms with Gasteiger partial charge >= 0.3 is 0 Å². The molecule has 0 aromatic rings. The molecule has 0 aromatic carbocycles. The van der Waals surface area contributed by atoms with Crippen LogP contribution in [0.5, 0.6) is 0 Å². The summed E-state index contributed by atoms with van der Waals surface area (Å²) in [5.74, 6) is 0.544. The Morgan fingerprint density at radius 2 is 1.84 bits per heavy atom. The molecule has 0 aromatic heterocycles. The smallest absolute Gasteiger partial charge is 0.227 e. The normalized spacial score (nSPS) is 28.7. The van der Waals surface area contributed by atoms with E-state index in [9.17, 15) is 4.79 Å². The molecule has 2 aliphatic rings. The molecule has 1 heterocycles. The molecule has 2 rings (SSSR count). The van der Waals surface area contributed by atoms with E-state index in [0.29, 0.717) is 18.0 Å². The summed E-state index contributed by atoms with van der Waals surface area (Å²) < 4.78 is 0. The van der Waals surface area contributed by atoms with Gasteiger partial charge in [0.2, 0.25) is 5.91 Å². The molecule has 1 aliphatic carbocycles. The molecule has 1 saturated carbocycles. The predicted octanol–water partition coefficient (Wildman–Crippen LogP) is 2.66. The second-order valence-corrected chi connectivity index (χ2v) is 7.75. The van der Waals surface area contributed by atoms with Gasteiger partial charge in [-0.05, 0) is 44.1 Å². The standard InChI is InChI=1S/C16H30N2O/c1-11(2)18(10-12-8-7-9-17-12)14(19)13-15(3,4)16(13,5)6/h11-13,17H,7-10H2,1-6H3. The molecule has 3 nitrogen and oxygen atoms in total. The zero-order valence-corrected chi connectivity index (χ0v) is 13.4. The van der Waals surface area contributed by atoms with Crippen molar-refractivity contribution in [1.82, 2.24) is 10.2 Å². The molecule has 1 unspecified atom stereocenters. The summed E-state index contributed by atoms with van der Waals surface area (Å²) in [4.78, 5) is 15.0. The van der Waals surface area contributed by atoms with Gasteiger partial charge < -0.3 is 10.2 Å². The Bertz CT molecular complexity index is 340. The predicted molar refractivity (Wildman–Crippen MR) is 78.9 cm³/mol. The molecule has 0 radical (unpaired) electrons. The first kappa shape index (κ1) is 14.8. The highest BCUT2D eigenvalue weighted by atomic mass is 16.2. The molecule has 110 valence electrons. The Kier molecular flexibility index (Phi) is 3.72. The maximum absolute atomic E-state index is 12.9. The highest BCUT2D eigenvalue weighted by Crippen LogP contribution is 2.68. The summed E-state index contributed by atoms with van der Waals surface area (Å²) in [6, 6.07) is 0.790. The van der Waals surface area contributed by atoms with E-state index in [0.717, 1.165) is 13.1 Å². The van der Waals surface area contributed by atoms with Gasteiger partial charge in [-0.25, -0.2) is 0 Å². The number of carbonyl (C=O) groups is 1. The van der Waals surface area contributed by atoms with Crippen LogP contribution in [0.2, 0.25) is 0 Å². The second kappa shape index (κ2) is 4.76. The molecule has 0 spiro atoms. The lowest BCUT2D eigenvalue weighted by Crippen LogP contribution is -2.46. The van der Waals surface area contributed by atoms with E-state index in [2.05, 4.69) is 51.8 Å². The van der Waals surface area contributed by atoms with E-state index in [1.165, 1.54) is 12.8 Å². The average molecular weight is 266 g/mol. The van der Waals surface area contributed by atoms with Crippen LogP contribution in [0.25, 0.3) is 0 Å². The third kappa shape index (κ3) is 2.42. The summed E-state index contributed by atoms with van der Waals surface area (Å²) in [7, 11) is 0. The number of amides is 1. The summed E-state index contributed by atoms with van der Waals surface area (Å²) in [5.41, 5.74) is 0.278. The molecule has 19 heavy (non-hydrogen) atoms. The highest BCUT2D eigenvalue weighted by Gasteiger charge is 2.68. The molecular formula is C16H30N2O. The first-order valence-corrected chi connectivity index (χ1v) is 7.73. The van der Waals surface area contributed by atoms with Gasteiger partial charge in [0.25, 0.3) is 0 Å². The van der Waals surface area contributed by atoms with Crippen molar-refractivity contribution >= 4 is 5.91 Å². The maximum atomic E-state index is 12.9. The van der Waals surface area contributed by atoms with Crippen LogP contribution in [0.4, 0.5) is 0 Å². The van der Waals surface area contributed by atoms with Crippen molar-refractivity contribution in [3.05, 3.63) is 0 Å². The van der Waals surface area contributed by atoms with E-state index in [4.69, 9.17) is 0 Å². The molecule has 0 bridgehead atoms. The number of hydrogen-bond acceptors (Lipinski definition) is 2. The van der Waals surface area contributed by atoms with Gasteiger partial charge in [0, 0.05) is 24.5 Å². The first-order valence-electron chi connectivity index (χ1n) is 7.73. The molecule has 1 amide bonds. The molecule has 1 atom stereocenters. The van der Waals surface area contributed by atoms with Crippen molar-refractivity contribution in [1.29, 1.82) is 0 Å². The van der Waals surface area contributed by atoms with Crippen molar-refractivity contribution in [2.45, 2.75) is 66.5 Å². The minimum Gasteiger partial charge on any atom is -0.338 e. The average Bonchev–Trinajstić information content (AvgIpc) is 2.70. The summed E-state index contributed by atoms with van der Waals surface area (Å²) in [6.45, 7) is 15.1. The van der Waals surface area contributed by atoms with Crippen LogP contribution >= 0.6 is 0 Å². The fraction of sp³-hybridized carbons (Fsp3) is 0.938. The zero-order valence-electron chi connectivity index (χ0n) is 13.4. The monoisotopic (exact) mass is 266 g/mol. The molecular weight excluding hydrogens is 236 g/mol. The minimum absolute atomic E-state index is 0.139. The van der Waals surface area contributed by atoms with Gasteiger partial charge in [0.05, 0.1) is 0 Å². The minimum atomic E-state index is 0.139. The van der Waals surface area contributed by atoms with E-state index >= 15 is 0 Å². The van der Waals surface area contributed by atoms with Crippen LogP contribution in [0.15, 0.2) is 0 Å². The molecule has 1 saturated heterocycles. The summed E-state index contributed by atoms with van der Waals surface area (Å²) in [6.07, 6.45) is 2.44. The molecule has 2 fully saturated rings.